The lowest BCUT2D eigenvalue weighted by molar-refractivity contribution is -0.0145. The first-order chi connectivity index (χ1) is 12.6. The number of ether oxygens (including phenoxy) is 3. The first kappa shape index (κ1) is 18.4. The van der Waals surface area contributed by atoms with Crippen LogP contribution < -0.4 is 5.32 Å². The highest BCUT2D eigenvalue weighted by atomic mass is 16.5. The number of nitrogens with zero attached hydrogens (tertiary/aromatic N) is 2. The van der Waals surface area contributed by atoms with Crippen molar-refractivity contribution in [2.24, 2.45) is 0 Å². The Kier molecular flexibility index (Phi) is 5.25. The average Bonchev–Trinajstić information content (AvgIpc) is 2.71. The molecule has 138 valence electrons. The first-order valence-electron chi connectivity index (χ1n) is 8.64. The van der Waals surface area contributed by atoms with Crippen molar-refractivity contribution in [2.75, 3.05) is 28.4 Å². The zero-order valence-corrected chi connectivity index (χ0v) is 15.9. The van der Waals surface area contributed by atoms with Gasteiger partial charge in [0, 0.05) is 25.0 Å². The van der Waals surface area contributed by atoms with Crippen molar-refractivity contribution in [3.8, 4) is 0 Å². The van der Waals surface area contributed by atoms with E-state index in [0.29, 0.717) is 5.76 Å². The summed E-state index contributed by atoms with van der Waals surface area (Å²) in [4.78, 5) is 9.52. The van der Waals surface area contributed by atoms with Crippen LogP contribution in [0.4, 0.5) is 0 Å². The molecule has 1 aromatic heterocycles. The number of allylic oxidation sites excluding steroid dienone is 1. The van der Waals surface area contributed by atoms with Gasteiger partial charge in [0.25, 0.3) is 0 Å². The van der Waals surface area contributed by atoms with E-state index < -0.39 is 5.60 Å². The number of fused-ring (bicyclic) bond motifs is 1. The normalized spacial score (nSPS) is 22.7. The average molecular weight is 355 g/mol. The monoisotopic (exact) mass is 355 g/mol. The van der Waals surface area contributed by atoms with Crippen LogP contribution >= 0.6 is 0 Å². The minimum atomic E-state index is -0.896. The van der Waals surface area contributed by atoms with Crippen LogP contribution in [0.5, 0.6) is 0 Å². The van der Waals surface area contributed by atoms with E-state index in [9.17, 15) is 0 Å². The summed E-state index contributed by atoms with van der Waals surface area (Å²) in [6.07, 6.45) is 4.54. The van der Waals surface area contributed by atoms with Crippen molar-refractivity contribution < 1.29 is 14.2 Å². The topological polar surface area (TPSA) is 65.5 Å². The first-order valence-corrected chi connectivity index (χ1v) is 8.64. The third-order valence-electron chi connectivity index (χ3n) is 4.79. The van der Waals surface area contributed by atoms with Gasteiger partial charge in [0.05, 0.1) is 25.4 Å². The molecule has 6 nitrogen and oxygen atoms in total. The van der Waals surface area contributed by atoms with E-state index in [-0.39, 0.29) is 6.04 Å². The zero-order chi connectivity index (χ0) is 18.7. The maximum atomic E-state index is 6.11. The number of benzene rings is 1. The molecule has 1 N–H and O–H groups in total. The summed E-state index contributed by atoms with van der Waals surface area (Å²) >= 11 is 0. The molecule has 0 aliphatic heterocycles. The Balaban J connectivity index is 2.35. The van der Waals surface area contributed by atoms with Crippen molar-refractivity contribution in [1.82, 2.24) is 15.3 Å². The minimum Gasteiger partial charge on any atom is -0.499 e. The molecule has 0 fully saturated rings. The molecule has 0 radical (unpaired) electrons. The molecule has 2 unspecified atom stereocenters. The van der Waals surface area contributed by atoms with Crippen LogP contribution in [0.25, 0.3) is 10.9 Å². The Morgan fingerprint density at radius 2 is 1.88 bits per heavy atom. The van der Waals surface area contributed by atoms with Gasteiger partial charge in [-0.15, -0.1) is 0 Å². The summed E-state index contributed by atoms with van der Waals surface area (Å²) < 4.78 is 17.3. The molecule has 2 atom stereocenters. The molecular weight excluding hydrogens is 330 g/mol. The maximum Gasteiger partial charge on any atom is 0.155 e. The third kappa shape index (κ3) is 2.85. The smallest absolute Gasteiger partial charge is 0.155 e. The second-order valence-electron chi connectivity index (χ2n) is 6.08. The molecule has 1 aliphatic carbocycles. The van der Waals surface area contributed by atoms with Crippen molar-refractivity contribution >= 4 is 10.9 Å². The van der Waals surface area contributed by atoms with Gasteiger partial charge in [-0.25, -0.2) is 9.97 Å². The van der Waals surface area contributed by atoms with Gasteiger partial charge < -0.3 is 19.5 Å². The van der Waals surface area contributed by atoms with Gasteiger partial charge in [-0.1, -0.05) is 25.1 Å². The van der Waals surface area contributed by atoms with Crippen LogP contribution in [0.15, 0.2) is 47.9 Å². The Hall–Kier alpha value is -2.44. The number of hydrogen-bond acceptors (Lipinski definition) is 6. The summed E-state index contributed by atoms with van der Waals surface area (Å²) in [5.41, 5.74) is 0.785. The standard InChI is InChI=1S/C20H25N3O3/c1-6-17-22-15-10-8-7-9-14(15)18(23-17)20(26-5)12-13(24-3)11-16(25-4)19(20)21-2/h7-12,19,21H,6H2,1-5H3. The number of nitrogens with one attached hydrogen (secondary N) is 1. The van der Waals surface area contributed by atoms with E-state index in [1.807, 2.05) is 50.4 Å². The third-order valence-corrected chi connectivity index (χ3v) is 4.79. The van der Waals surface area contributed by atoms with E-state index in [4.69, 9.17) is 19.2 Å². The van der Waals surface area contributed by atoms with Crippen molar-refractivity contribution in [3.05, 3.63) is 59.5 Å². The SMILES string of the molecule is CCc1nc(C2(OC)C=C(OC)C=C(OC)C2NC)c2ccccc2n1. The zero-order valence-electron chi connectivity index (χ0n) is 15.9. The highest BCUT2D eigenvalue weighted by Crippen LogP contribution is 2.40. The molecule has 0 saturated carbocycles. The minimum absolute atomic E-state index is 0.264. The number of aromatic nitrogens is 2. The Bertz CT molecular complexity index is 863. The lowest BCUT2D eigenvalue weighted by Gasteiger charge is -2.40. The molecule has 0 spiro atoms. The molecule has 2 aromatic rings. The second-order valence-corrected chi connectivity index (χ2v) is 6.08. The van der Waals surface area contributed by atoms with Crippen LogP contribution in [0.3, 0.4) is 0 Å². The molecule has 26 heavy (non-hydrogen) atoms. The van der Waals surface area contributed by atoms with Crippen LogP contribution in [0.1, 0.15) is 18.4 Å². The molecule has 3 rings (SSSR count). The fourth-order valence-electron chi connectivity index (χ4n) is 3.48. The van der Waals surface area contributed by atoms with E-state index in [1.54, 1.807) is 21.3 Å². The summed E-state index contributed by atoms with van der Waals surface area (Å²) in [5, 5.41) is 4.25. The van der Waals surface area contributed by atoms with Crippen LogP contribution in [0.2, 0.25) is 0 Å². The highest BCUT2D eigenvalue weighted by molar-refractivity contribution is 5.82. The Morgan fingerprint density at radius 3 is 2.50 bits per heavy atom. The van der Waals surface area contributed by atoms with Gasteiger partial charge >= 0.3 is 0 Å². The van der Waals surface area contributed by atoms with Crippen LogP contribution in [-0.2, 0) is 26.2 Å². The van der Waals surface area contributed by atoms with Gasteiger partial charge in [0.15, 0.2) is 5.60 Å². The van der Waals surface area contributed by atoms with Crippen molar-refractivity contribution in [3.63, 3.8) is 0 Å². The fourth-order valence-corrected chi connectivity index (χ4v) is 3.48. The molecule has 0 saturated heterocycles. The largest absolute Gasteiger partial charge is 0.499 e. The van der Waals surface area contributed by atoms with Gasteiger partial charge in [-0.2, -0.15) is 0 Å². The lowest BCUT2D eigenvalue weighted by atomic mass is 9.82. The maximum absolute atomic E-state index is 6.11. The molecule has 1 aliphatic rings. The van der Waals surface area contributed by atoms with Crippen LogP contribution in [0, 0.1) is 0 Å². The van der Waals surface area contributed by atoms with E-state index in [2.05, 4.69) is 10.3 Å². The second kappa shape index (κ2) is 7.43. The molecule has 6 heteroatoms. The number of hydrogen-bond donors (Lipinski definition) is 1. The van der Waals surface area contributed by atoms with Crippen molar-refractivity contribution in [1.29, 1.82) is 0 Å². The molecule has 0 amide bonds. The molecule has 0 bridgehead atoms. The van der Waals surface area contributed by atoms with E-state index in [1.165, 1.54) is 0 Å². The van der Waals surface area contributed by atoms with Gasteiger partial charge in [-0.3, -0.25) is 0 Å². The highest BCUT2D eigenvalue weighted by Gasteiger charge is 2.46. The van der Waals surface area contributed by atoms with Gasteiger partial charge in [0.1, 0.15) is 23.4 Å². The quantitative estimate of drug-likeness (QED) is 0.859. The molecule has 1 heterocycles. The van der Waals surface area contributed by atoms with Crippen LogP contribution in [-0.4, -0.2) is 44.4 Å². The summed E-state index contributed by atoms with van der Waals surface area (Å²) in [7, 11) is 6.83. The molecular formula is C20H25N3O3. The van der Waals surface area contributed by atoms with Gasteiger partial charge in [-0.05, 0) is 19.2 Å². The fraction of sp³-hybridized carbons (Fsp3) is 0.400. The Labute approximate surface area is 153 Å². The van der Waals surface area contributed by atoms with Gasteiger partial charge in [0.2, 0.25) is 0 Å². The number of para-hydroxylation sites is 1. The number of methoxy groups -OCH3 is 3. The van der Waals surface area contributed by atoms with Crippen molar-refractivity contribution in [2.45, 2.75) is 25.0 Å². The predicted octanol–water partition coefficient (Wildman–Crippen LogP) is 2.70. The summed E-state index contributed by atoms with van der Waals surface area (Å²) in [6.45, 7) is 2.04. The number of likely N-dealkylation sites (N-methyl/N-ethyl adjacent to an activating group) is 1. The predicted molar refractivity (Wildman–Crippen MR) is 101 cm³/mol. The van der Waals surface area contributed by atoms with E-state index >= 15 is 0 Å². The number of aryl methyl sites for hydroxylation is 1. The lowest BCUT2D eigenvalue weighted by Crippen LogP contribution is -2.51. The van der Waals surface area contributed by atoms with E-state index in [0.717, 1.165) is 34.6 Å². The number of rotatable bonds is 6. The molecule has 1 aromatic carbocycles. The summed E-state index contributed by atoms with van der Waals surface area (Å²) in [6, 6.07) is 7.71. The summed E-state index contributed by atoms with van der Waals surface area (Å²) in [5.74, 6) is 2.15. The Morgan fingerprint density at radius 1 is 1.12 bits per heavy atom.